The highest BCUT2D eigenvalue weighted by Gasteiger charge is 2.20. The van der Waals surface area contributed by atoms with Gasteiger partial charge in [0.1, 0.15) is 22.2 Å². The summed E-state index contributed by atoms with van der Waals surface area (Å²) in [5, 5.41) is 17.8. The molecule has 2 aromatic carbocycles. The van der Waals surface area contributed by atoms with Crippen LogP contribution in [0.3, 0.4) is 0 Å². The quantitative estimate of drug-likeness (QED) is 0.775. The summed E-state index contributed by atoms with van der Waals surface area (Å²) in [6.45, 7) is 1.67. The first-order valence-electron chi connectivity index (χ1n) is 7.11. The van der Waals surface area contributed by atoms with Crippen molar-refractivity contribution < 1.29 is 17.3 Å². The highest BCUT2D eigenvalue weighted by molar-refractivity contribution is 7.89. The second kappa shape index (κ2) is 6.12. The van der Waals surface area contributed by atoms with Crippen LogP contribution in [0.15, 0.2) is 51.9 Å². The van der Waals surface area contributed by atoms with Crippen molar-refractivity contribution >= 4 is 10.0 Å². The molecule has 0 aliphatic rings. The Balaban J connectivity index is 2.14. The first-order valence-corrected chi connectivity index (χ1v) is 8.65. The number of nitrogens with two attached hydrogens (primary N) is 1. The van der Waals surface area contributed by atoms with Gasteiger partial charge in [-0.25, -0.2) is 17.9 Å². The minimum Gasteiger partial charge on any atom is -0.360 e. The van der Waals surface area contributed by atoms with E-state index in [1.54, 1.807) is 31.2 Å². The normalized spacial score (nSPS) is 11.3. The van der Waals surface area contributed by atoms with Crippen molar-refractivity contribution in [2.75, 3.05) is 0 Å². The fourth-order valence-electron chi connectivity index (χ4n) is 2.50. The van der Waals surface area contributed by atoms with E-state index in [9.17, 15) is 12.8 Å². The van der Waals surface area contributed by atoms with E-state index in [1.165, 1.54) is 6.07 Å². The molecule has 0 unspecified atom stereocenters. The van der Waals surface area contributed by atoms with Crippen LogP contribution in [0.25, 0.3) is 22.4 Å². The number of hydrogen-bond donors (Lipinski definition) is 1. The van der Waals surface area contributed by atoms with E-state index in [-0.39, 0.29) is 0 Å². The number of sulfonamides is 1. The topological polar surface area (TPSA) is 110 Å². The summed E-state index contributed by atoms with van der Waals surface area (Å²) in [6, 6.07) is 12.3. The lowest BCUT2D eigenvalue weighted by Crippen LogP contribution is -2.13. The molecule has 3 rings (SSSR count). The molecule has 0 atom stereocenters. The SMILES string of the molecule is Cc1onc(-c2ccc(C#N)cc2)c1-c1ccc(S(N)(=O)=O)c(F)c1. The first-order chi connectivity index (χ1) is 11.8. The van der Waals surface area contributed by atoms with Gasteiger partial charge in [0, 0.05) is 5.56 Å². The summed E-state index contributed by atoms with van der Waals surface area (Å²) in [6.07, 6.45) is 0. The van der Waals surface area contributed by atoms with Crippen molar-refractivity contribution in [3.8, 4) is 28.5 Å². The molecule has 0 aliphatic heterocycles. The molecule has 0 amide bonds. The van der Waals surface area contributed by atoms with Crippen molar-refractivity contribution in [3.63, 3.8) is 0 Å². The maximum atomic E-state index is 14.2. The number of primary sulfonamides is 1. The Morgan fingerprint density at radius 1 is 1.16 bits per heavy atom. The largest absolute Gasteiger partial charge is 0.360 e. The Morgan fingerprint density at radius 3 is 2.36 bits per heavy atom. The highest BCUT2D eigenvalue weighted by Crippen LogP contribution is 2.35. The van der Waals surface area contributed by atoms with Crippen LogP contribution in [-0.4, -0.2) is 13.6 Å². The molecule has 3 aromatic rings. The third-order valence-corrected chi connectivity index (χ3v) is 4.62. The zero-order valence-electron chi connectivity index (χ0n) is 13.0. The second-order valence-corrected chi connectivity index (χ2v) is 6.87. The third kappa shape index (κ3) is 3.15. The Kier molecular flexibility index (Phi) is 4.12. The number of nitriles is 1. The summed E-state index contributed by atoms with van der Waals surface area (Å²) < 4.78 is 42.1. The molecule has 0 radical (unpaired) electrons. The third-order valence-electron chi connectivity index (χ3n) is 3.68. The van der Waals surface area contributed by atoms with Crippen LogP contribution in [0.1, 0.15) is 11.3 Å². The van der Waals surface area contributed by atoms with Crippen molar-refractivity contribution in [3.05, 3.63) is 59.6 Å². The monoisotopic (exact) mass is 357 g/mol. The van der Waals surface area contributed by atoms with E-state index >= 15 is 0 Å². The van der Waals surface area contributed by atoms with Crippen molar-refractivity contribution in [1.29, 1.82) is 5.26 Å². The average molecular weight is 357 g/mol. The van der Waals surface area contributed by atoms with Gasteiger partial charge in [-0.05, 0) is 36.8 Å². The van der Waals surface area contributed by atoms with E-state index in [0.29, 0.717) is 33.7 Å². The van der Waals surface area contributed by atoms with Gasteiger partial charge in [-0.15, -0.1) is 0 Å². The molecule has 0 aliphatic carbocycles. The second-order valence-electron chi connectivity index (χ2n) is 5.34. The average Bonchev–Trinajstić information content (AvgIpc) is 2.95. The number of benzene rings is 2. The van der Waals surface area contributed by atoms with E-state index in [4.69, 9.17) is 14.9 Å². The molecule has 25 heavy (non-hydrogen) atoms. The van der Waals surface area contributed by atoms with E-state index < -0.39 is 20.7 Å². The zero-order chi connectivity index (χ0) is 18.2. The summed E-state index contributed by atoms with van der Waals surface area (Å²) >= 11 is 0. The van der Waals surface area contributed by atoms with Crippen LogP contribution in [0.5, 0.6) is 0 Å². The van der Waals surface area contributed by atoms with E-state index in [2.05, 4.69) is 5.16 Å². The lowest BCUT2D eigenvalue weighted by molar-refractivity contribution is 0.400. The lowest BCUT2D eigenvalue weighted by atomic mass is 9.99. The molecule has 0 spiro atoms. The minimum atomic E-state index is -4.14. The van der Waals surface area contributed by atoms with Crippen LogP contribution in [0, 0.1) is 24.1 Å². The lowest BCUT2D eigenvalue weighted by Gasteiger charge is -2.06. The van der Waals surface area contributed by atoms with Crippen LogP contribution < -0.4 is 5.14 Å². The molecule has 126 valence electrons. The Hall–Kier alpha value is -3.02. The van der Waals surface area contributed by atoms with E-state index in [0.717, 1.165) is 12.1 Å². The molecular formula is C17H12FN3O3S. The molecular weight excluding hydrogens is 345 g/mol. The number of hydrogen-bond acceptors (Lipinski definition) is 5. The van der Waals surface area contributed by atoms with Crippen LogP contribution in [0.2, 0.25) is 0 Å². The van der Waals surface area contributed by atoms with Crippen LogP contribution >= 0.6 is 0 Å². The maximum absolute atomic E-state index is 14.2. The van der Waals surface area contributed by atoms with Crippen LogP contribution in [-0.2, 0) is 10.0 Å². The Morgan fingerprint density at radius 2 is 1.80 bits per heavy atom. The molecule has 0 saturated carbocycles. The molecule has 6 nitrogen and oxygen atoms in total. The summed E-state index contributed by atoms with van der Waals surface area (Å²) in [5.74, 6) is -0.506. The molecule has 0 bridgehead atoms. The Bertz CT molecular complexity index is 1100. The van der Waals surface area contributed by atoms with Gasteiger partial charge in [-0.1, -0.05) is 23.4 Å². The molecule has 1 heterocycles. The van der Waals surface area contributed by atoms with Crippen molar-refractivity contribution in [1.82, 2.24) is 5.16 Å². The van der Waals surface area contributed by atoms with Gasteiger partial charge in [0.25, 0.3) is 0 Å². The van der Waals surface area contributed by atoms with Gasteiger partial charge in [0.15, 0.2) is 0 Å². The number of halogens is 1. The Labute approximate surface area is 143 Å². The van der Waals surface area contributed by atoms with Crippen molar-refractivity contribution in [2.24, 2.45) is 5.14 Å². The smallest absolute Gasteiger partial charge is 0.240 e. The highest BCUT2D eigenvalue weighted by atomic mass is 32.2. The van der Waals surface area contributed by atoms with Gasteiger partial charge in [-0.2, -0.15) is 5.26 Å². The van der Waals surface area contributed by atoms with Gasteiger partial charge < -0.3 is 4.52 Å². The fraction of sp³-hybridized carbons (Fsp3) is 0.0588. The standard InChI is InChI=1S/C17H12FN3O3S/c1-10-16(13-6-7-15(14(18)8-13)25(20,22)23)17(21-24-10)12-4-2-11(9-19)3-5-12/h2-8H,1H3,(H2,20,22,23). The molecule has 0 saturated heterocycles. The summed E-state index contributed by atoms with van der Waals surface area (Å²) in [7, 11) is -4.14. The van der Waals surface area contributed by atoms with E-state index in [1.807, 2.05) is 6.07 Å². The molecule has 1 aromatic heterocycles. The van der Waals surface area contributed by atoms with Gasteiger partial charge in [0.2, 0.25) is 10.0 Å². The molecule has 8 heteroatoms. The van der Waals surface area contributed by atoms with Gasteiger partial charge in [0.05, 0.1) is 17.2 Å². The number of rotatable bonds is 3. The van der Waals surface area contributed by atoms with Gasteiger partial charge >= 0.3 is 0 Å². The predicted molar refractivity (Wildman–Crippen MR) is 88.2 cm³/mol. The van der Waals surface area contributed by atoms with Crippen molar-refractivity contribution in [2.45, 2.75) is 11.8 Å². The zero-order valence-corrected chi connectivity index (χ0v) is 13.8. The molecule has 0 fully saturated rings. The number of nitrogens with zero attached hydrogens (tertiary/aromatic N) is 2. The summed E-state index contributed by atoms with van der Waals surface area (Å²) in [4.78, 5) is -0.578. The first kappa shape index (κ1) is 16.8. The number of aromatic nitrogens is 1. The van der Waals surface area contributed by atoms with Gasteiger partial charge in [-0.3, -0.25) is 0 Å². The fourth-order valence-corrected chi connectivity index (χ4v) is 3.09. The number of aryl methyl sites for hydroxylation is 1. The maximum Gasteiger partial charge on any atom is 0.240 e. The predicted octanol–water partition coefficient (Wildman–Crippen LogP) is 2.98. The molecule has 2 N–H and O–H groups in total. The minimum absolute atomic E-state index is 0.406. The summed E-state index contributed by atoms with van der Waals surface area (Å²) in [5.41, 5.74) is 2.58. The van der Waals surface area contributed by atoms with Crippen LogP contribution in [0.4, 0.5) is 4.39 Å².